The quantitative estimate of drug-likeness (QED) is 0.447. The highest BCUT2D eigenvalue weighted by atomic mass is 19.1. The SMILES string of the molecule is C[C@@H]1Cc2c([nH]c3ccccc23)[C@@H](c2c(F)cc(OC3CN(CCCF)C3)cc2F)N1CC1(C)COC1. The van der Waals surface area contributed by atoms with Gasteiger partial charge in [0.05, 0.1) is 25.9 Å². The van der Waals surface area contributed by atoms with Crippen LogP contribution in [0.2, 0.25) is 0 Å². The van der Waals surface area contributed by atoms with Crippen molar-refractivity contribution in [2.75, 3.05) is 46.1 Å². The molecular formula is C29H34F3N3O2. The summed E-state index contributed by atoms with van der Waals surface area (Å²) in [6.07, 6.45) is 1.15. The number of rotatable bonds is 8. The van der Waals surface area contributed by atoms with E-state index in [9.17, 15) is 4.39 Å². The van der Waals surface area contributed by atoms with Gasteiger partial charge in [0, 0.05) is 71.9 Å². The number of hydrogen-bond donors (Lipinski definition) is 1. The summed E-state index contributed by atoms with van der Waals surface area (Å²) in [5.74, 6) is -1.01. The molecule has 1 aromatic heterocycles. The van der Waals surface area contributed by atoms with Gasteiger partial charge in [0.25, 0.3) is 0 Å². The van der Waals surface area contributed by atoms with Crippen molar-refractivity contribution in [3.8, 4) is 5.75 Å². The molecule has 0 spiro atoms. The lowest BCUT2D eigenvalue weighted by Crippen LogP contribution is -2.54. The van der Waals surface area contributed by atoms with E-state index < -0.39 is 17.7 Å². The Kier molecular flexibility index (Phi) is 6.45. The molecule has 0 radical (unpaired) electrons. The molecule has 0 aliphatic carbocycles. The van der Waals surface area contributed by atoms with Gasteiger partial charge in [-0.15, -0.1) is 0 Å². The number of hydrogen-bond acceptors (Lipinski definition) is 4. The van der Waals surface area contributed by atoms with Crippen molar-refractivity contribution in [2.45, 2.75) is 44.9 Å². The number of fused-ring (bicyclic) bond motifs is 3. The van der Waals surface area contributed by atoms with Gasteiger partial charge >= 0.3 is 0 Å². The van der Waals surface area contributed by atoms with E-state index >= 15 is 8.78 Å². The first kappa shape index (κ1) is 24.8. The number of nitrogens with one attached hydrogen (secondary N) is 1. The molecule has 5 nitrogen and oxygen atoms in total. The molecule has 2 aromatic carbocycles. The van der Waals surface area contributed by atoms with Gasteiger partial charge < -0.3 is 14.5 Å². The lowest BCUT2D eigenvalue weighted by molar-refractivity contribution is -0.123. The summed E-state index contributed by atoms with van der Waals surface area (Å²) in [6.45, 7) is 7.87. The average Bonchev–Trinajstić information content (AvgIpc) is 3.18. The van der Waals surface area contributed by atoms with Crippen molar-refractivity contribution in [1.29, 1.82) is 0 Å². The zero-order valence-corrected chi connectivity index (χ0v) is 21.4. The van der Waals surface area contributed by atoms with E-state index in [0.29, 0.717) is 45.8 Å². The average molecular weight is 514 g/mol. The predicted octanol–water partition coefficient (Wildman–Crippen LogP) is 5.24. The monoisotopic (exact) mass is 513 g/mol. The van der Waals surface area contributed by atoms with Crippen LogP contribution >= 0.6 is 0 Å². The van der Waals surface area contributed by atoms with Crippen molar-refractivity contribution >= 4 is 10.9 Å². The highest BCUT2D eigenvalue weighted by molar-refractivity contribution is 5.85. The number of halogens is 3. The number of benzene rings is 2. The van der Waals surface area contributed by atoms with Crippen LogP contribution in [0.4, 0.5) is 13.2 Å². The third-order valence-electron chi connectivity index (χ3n) is 8.14. The minimum atomic E-state index is -0.604. The predicted molar refractivity (Wildman–Crippen MR) is 137 cm³/mol. The summed E-state index contributed by atoms with van der Waals surface area (Å²) in [5.41, 5.74) is 2.96. The second-order valence-corrected chi connectivity index (χ2v) is 11.3. The Morgan fingerprint density at radius 3 is 2.54 bits per heavy atom. The lowest BCUT2D eigenvalue weighted by Gasteiger charge is -2.48. The number of likely N-dealkylation sites (tertiary alicyclic amines) is 1. The fourth-order valence-corrected chi connectivity index (χ4v) is 6.19. The summed E-state index contributed by atoms with van der Waals surface area (Å²) in [5, 5.41) is 1.11. The molecule has 1 N–H and O–H groups in total. The first-order chi connectivity index (χ1) is 17.8. The van der Waals surface area contributed by atoms with Crippen LogP contribution < -0.4 is 4.74 Å². The molecule has 198 valence electrons. The Hall–Kier alpha value is -2.55. The first-order valence-corrected chi connectivity index (χ1v) is 13.2. The van der Waals surface area contributed by atoms with Gasteiger partial charge in [-0.1, -0.05) is 25.1 Å². The van der Waals surface area contributed by atoms with Crippen LogP contribution in [0.5, 0.6) is 5.75 Å². The van der Waals surface area contributed by atoms with Gasteiger partial charge in [-0.05, 0) is 31.4 Å². The highest BCUT2D eigenvalue weighted by Crippen LogP contribution is 2.45. The lowest BCUT2D eigenvalue weighted by atomic mass is 9.82. The highest BCUT2D eigenvalue weighted by Gasteiger charge is 2.44. The third-order valence-corrected chi connectivity index (χ3v) is 8.14. The standard InChI is InChI=1S/C29H34F3N3O2/c1-18-10-22-21-6-3-4-7-25(21)33-27(22)28(35(18)15-29(2)16-36-17-29)26-23(31)11-19(12-24(26)32)37-20-13-34(14-20)9-5-8-30/h3-4,6-7,11-12,18,20,28,33H,5,8-10,13-17H2,1-2H3/t18-,28-/m1/s1. The fraction of sp³-hybridized carbons (Fsp3) is 0.517. The van der Waals surface area contributed by atoms with Gasteiger partial charge in [0.1, 0.15) is 23.5 Å². The van der Waals surface area contributed by atoms with Crippen molar-refractivity contribution < 1.29 is 22.6 Å². The van der Waals surface area contributed by atoms with E-state index in [4.69, 9.17) is 9.47 Å². The maximum Gasteiger partial charge on any atom is 0.135 e. The summed E-state index contributed by atoms with van der Waals surface area (Å²) in [7, 11) is 0. The molecular weight excluding hydrogens is 479 g/mol. The van der Waals surface area contributed by atoms with E-state index in [0.717, 1.165) is 28.6 Å². The Morgan fingerprint density at radius 1 is 1.14 bits per heavy atom. The summed E-state index contributed by atoms with van der Waals surface area (Å²) in [6, 6.07) is 10.2. The van der Waals surface area contributed by atoms with Crippen LogP contribution in [0.25, 0.3) is 10.9 Å². The molecule has 6 rings (SSSR count). The van der Waals surface area contributed by atoms with Gasteiger partial charge in [0.15, 0.2) is 0 Å². The van der Waals surface area contributed by atoms with E-state index in [1.165, 1.54) is 12.1 Å². The molecule has 3 aliphatic rings. The van der Waals surface area contributed by atoms with Gasteiger partial charge in [-0.25, -0.2) is 8.78 Å². The number of nitrogens with zero attached hydrogens (tertiary/aromatic N) is 2. The smallest absolute Gasteiger partial charge is 0.135 e. The maximum atomic E-state index is 15.9. The van der Waals surface area contributed by atoms with Crippen molar-refractivity contribution in [2.24, 2.45) is 5.41 Å². The van der Waals surface area contributed by atoms with Crippen molar-refractivity contribution in [3.63, 3.8) is 0 Å². The van der Waals surface area contributed by atoms with Gasteiger partial charge in [-0.3, -0.25) is 14.2 Å². The summed E-state index contributed by atoms with van der Waals surface area (Å²) < 4.78 is 55.5. The third kappa shape index (κ3) is 4.53. The Morgan fingerprint density at radius 2 is 1.86 bits per heavy atom. The minimum Gasteiger partial charge on any atom is -0.488 e. The number of alkyl halides is 1. The van der Waals surface area contributed by atoms with Crippen LogP contribution in [0, 0.1) is 17.0 Å². The zero-order chi connectivity index (χ0) is 25.7. The molecule has 3 aromatic rings. The van der Waals surface area contributed by atoms with Gasteiger partial charge in [0.2, 0.25) is 0 Å². The first-order valence-electron chi connectivity index (χ1n) is 13.2. The number of aromatic amines is 1. The molecule has 2 fully saturated rings. The Balaban J connectivity index is 1.34. The van der Waals surface area contributed by atoms with Crippen LogP contribution in [-0.4, -0.2) is 73.0 Å². The van der Waals surface area contributed by atoms with Gasteiger partial charge in [-0.2, -0.15) is 0 Å². The second-order valence-electron chi connectivity index (χ2n) is 11.3. The molecule has 3 aliphatic heterocycles. The number of ether oxygens (including phenoxy) is 2. The van der Waals surface area contributed by atoms with E-state index in [1.807, 2.05) is 18.2 Å². The molecule has 37 heavy (non-hydrogen) atoms. The van der Waals surface area contributed by atoms with Crippen LogP contribution in [0.1, 0.15) is 43.1 Å². The van der Waals surface area contributed by atoms with Crippen LogP contribution in [0.15, 0.2) is 36.4 Å². The normalized spacial score (nSPS) is 24.0. The Bertz CT molecular complexity index is 1260. The topological polar surface area (TPSA) is 40.7 Å². The molecule has 2 atom stereocenters. The number of aromatic nitrogens is 1. The van der Waals surface area contributed by atoms with Crippen LogP contribution in [-0.2, 0) is 11.2 Å². The molecule has 0 saturated carbocycles. The molecule has 0 unspecified atom stereocenters. The fourth-order valence-electron chi connectivity index (χ4n) is 6.19. The minimum absolute atomic E-state index is 0.0497. The second kappa shape index (κ2) is 9.64. The number of H-pyrrole nitrogens is 1. The van der Waals surface area contributed by atoms with Crippen LogP contribution in [0.3, 0.4) is 0 Å². The van der Waals surface area contributed by atoms with Crippen molar-refractivity contribution in [1.82, 2.24) is 14.8 Å². The molecule has 2 saturated heterocycles. The van der Waals surface area contributed by atoms with Crippen molar-refractivity contribution in [3.05, 3.63) is 64.9 Å². The van der Waals surface area contributed by atoms with E-state index in [-0.39, 0.29) is 35.5 Å². The zero-order valence-electron chi connectivity index (χ0n) is 21.4. The molecule has 0 bridgehead atoms. The Labute approximate surface area is 215 Å². The summed E-state index contributed by atoms with van der Waals surface area (Å²) >= 11 is 0. The molecule has 0 amide bonds. The van der Waals surface area contributed by atoms with E-state index in [2.05, 4.69) is 34.7 Å². The number of para-hydroxylation sites is 1. The largest absolute Gasteiger partial charge is 0.488 e. The maximum absolute atomic E-state index is 15.9. The van der Waals surface area contributed by atoms with E-state index in [1.54, 1.807) is 0 Å². The molecule has 4 heterocycles. The summed E-state index contributed by atoms with van der Waals surface area (Å²) in [4.78, 5) is 7.82. The molecule has 8 heteroatoms.